The van der Waals surface area contributed by atoms with E-state index in [-0.39, 0.29) is 17.5 Å². The summed E-state index contributed by atoms with van der Waals surface area (Å²) < 4.78 is 5.36. The Kier molecular flexibility index (Phi) is 6.75. The minimum atomic E-state index is -0.153. The number of carbonyl (C=O) groups is 1. The Labute approximate surface area is 129 Å². The molecule has 0 bridgehead atoms. The highest BCUT2D eigenvalue weighted by Crippen LogP contribution is 2.22. The summed E-state index contributed by atoms with van der Waals surface area (Å²) in [6.07, 6.45) is 0.945. The molecule has 3 N–H and O–H groups in total. The van der Waals surface area contributed by atoms with E-state index in [2.05, 4.69) is 19.2 Å². The van der Waals surface area contributed by atoms with Crippen LogP contribution in [0.4, 0.5) is 0 Å². The van der Waals surface area contributed by atoms with E-state index in [1.54, 1.807) is 18.2 Å². The van der Waals surface area contributed by atoms with Gasteiger partial charge in [-0.05, 0) is 30.5 Å². The van der Waals surface area contributed by atoms with E-state index in [0.29, 0.717) is 28.8 Å². The number of hydrogen-bond acceptors (Lipinski definition) is 3. The van der Waals surface area contributed by atoms with E-state index in [4.69, 9.17) is 34.3 Å². The number of amides is 1. The Morgan fingerprint density at radius 2 is 2.20 bits per heavy atom. The van der Waals surface area contributed by atoms with E-state index in [0.717, 1.165) is 6.42 Å². The molecule has 0 fully saturated rings. The van der Waals surface area contributed by atoms with Gasteiger partial charge in [0.05, 0.1) is 5.02 Å². The second-order valence-corrected chi connectivity index (χ2v) is 5.67. The number of rotatable bonds is 7. The summed E-state index contributed by atoms with van der Waals surface area (Å²) in [5.74, 6) is 0.914. The van der Waals surface area contributed by atoms with E-state index in [9.17, 15) is 4.79 Å². The molecule has 0 saturated heterocycles. The van der Waals surface area contributed by atoms with Crippen LogP contribution >= 0.6 is 23.8 Å². The third kappa shape index (κ3) is 5.75. The zero-order valence-corrected chi connectivity index (χ0v) is 13.2. The maximum Gasteiger partial charge on any atom is 0.257 e. The van der Waals surface area contributed by atoms with Gasteiger partial charge in [0, 0.05) is 12.1 Å². The van der Waals surface area contributed by atoms with Gasteiger partial charge in [0.25, 0.3) is 5.91 Å². The van der Waals surface area contributed by atoms with E-state index in [1.807, 2.05) is 0 Å². The summed E-state index contributed by atoms with van der Waals surface area (Å²) in [6, 6.07) is 4.95. The van der Waals surface area contributed by atoms with Crippen LogP contribution in [0, 0.1) is 5.92 Å². The van der Waals surface area contributed by atoms with Gasteiger partial charge >= 0.3 is 0 Å². The lowest BCUT2D eigenvalue weighted by Crippen LogP contribution is -2.30. The third-order valence-electron chi connectivity index (χ3n) is 2.62. The quantitative estimate of drug-likeness (QED) is 0.759. The molecule has 0 aliphatic carbocycles. The topological polar surface area (TPSA) is 64.3 Å². The van der Waals surface area contributed by atoms with Crippen molar-refractivity contribution in [2.75, 3.05) is 13.2 Å². The fourth-order valence-electron chi connectivity index (χ4n) is 1.49. The largest absolute Gasteiger partial charge is 0.484 e. The Balaban J connectivity index is 2.44. The molecule has 0 spiro atoms. The first-order valence-corrected chi connectivity index (χ1v) is 7.17. The number of carbonyl (C=O) groups excluding carboxylic acids is 1. The molecule has 110 valence electrons. The number of hydrogen-bond donors (Lipinski definition) is 2. The lowest BCUT2D eigenvalue weighted by Gasteiger charge is -2.10. The first-order chi connectivity index (χ1) is 9.40. The van der Waals surface area contributed by atoms with Crippen LogP contribution in [-0.4, -0.2) is 24.0 Å². The first kappa shape index (κ1) is 16.7. The Morgan fingerprint density at radius 3 is 2.75 bits per heavy atom. The maximum atomic E-state index is 11.5. The summed E-state index contributed by atoms with van der Waals surface area (Å²) in [4.78, 5) is 11.8. The fraction of sp³-hybridized carbons (Fsp3) is 0.429. The van der Waals surface area contributed by atoms with Crippen molar-refractivity contribution in [1.29, 1.82) is 0 Å². The molecule has 0 aliphatic rings. The van der Waals surface area contributed by atoms with Crippen LogP contribution < -0.4 is 15.8 Å². The van der Waals surface area contributed by atoms with Crippen LogP contribution in [0.2, 0.25) is 5.02 Å². The molecular formula is C14H19ClN2O2S. The minimum absolute atomic E-state index is 0.0408. The molecule has 4 nitrogen and oxygen atoms in total. The molecule has 0 heterocycles. The van der Waals surface area contributed by atoms with E-state index in [1.165, 1.54) is 0 Å². The van der Waals surface area contributed by atoms with Gasteiger partial charge in [0.15, 0.2) is 6.61 Å². The molecule has 0 unspecified atom stereocenters. The second kappa shape index (κ2) is 8.07. The molecular weight excluding hydrogens is 296 g/mol. The summed E-state index contributed by atoms with van der Waals surface area (Å²) in [5, 5.41) is 3.20. The second-order valence-electron chi connectivity index (χ2n) is 4.83. The summed E-state index contributed by atoms with van der Waals surface area (Å²) in [6.45, 7) is 4.82. The molecule has 1 rings (SSSR count). The Bertz CT molecular complexity index is 492. The zero-order chi connectivity index (χ0) is 15.1. The van der Waals surface area contributed by atoms with Crippen molar-refractivity contribution in [2.24, 2.45) is 11.7 Å². The number of nitrogens with one attached hydrogen (secondary N) is 1. The van der Waals surface area contributed by atoms with Crippen LogP contribution in [0.3, 0.4) is 0 Å². The van der Waals surface area contributed by atoms with Crippen molar-refractivity contribution in [3.05, 3.63) is 28.8 Å². The predicted molar refractivity (Wildman–Crippen MR) is 85.3 cm³/mol. The minimum Gasteiger partial charge on any atom is -0.484 e. The Hall–Kier alpha value is -1.33. The SMILES string of the molecule is CC(C)CCNC(=O)COc1ccc(C(N)=S)c(Cl)c1. The fourth-order valence-corrected chi connectivity index (χ4v) is 1.99. The lowest BCUT2D eigenvalue weighted by molar-refractivity contribution is -0.123. The standard InChI is InChI=1S/C14H19ClN2O2S/c1-9(2)5-6-17-13(18)8-19-10-3-4-11(14(16)20)12(15)7-10/h3-4,7,9H,5-6,8H2,1-2H3,(H2,16,20)(H,17,18). The molecule has 0 atom stereocenters. The van der Waals surface area contributed by atoms with Crippen LogP contribution in [0.5, 0.6) is 5.75 Å². The van der Waals surface area contributed by atoms with Crippen LogP contribution in [-0.2, 0) is 4.79 Å². The molecule has 0 saturated carbocycles. The average Bonchev–Trinajstić information content (AvgIpc) is 2.35. The molecule has 1 amide bonds. The van der Waals surface area contributed by atoms with Gasteiger partial charge in [-0.3, -0.25) is 4.79 Å². The summed E-state index contributed by atoms with van der Waals surface area (Å²) in [5.41, 5.74) is 6.10. The van der Waals surface area contributed by atoms with Crippen molar-refractivity contribution in [3.8, 4) is 5.75 Å². The van der Waals surface area contributed by atoms with Gasteiger partial charge in [-0.15, -0.1) is 0 Å². The molecule has 0 aromatic heterocycles. The molecule has 0 radical (unpaired) electrons. The van der Waals surface area contributed by atoms with Crippen molar-refractivity contribution in [3.63, 3.8) is 0 Å². The molecule has 20 heavy (non-hydrogen) atoms. The van der Waals surface area contributed by atoms with Gasteiger partial charge in [0.1, 0.15) is 10.7 Å². The number of nitrogens with two attached hydrogens (primary N) is 1. The molecule has 1 aromatic rings. The smallest absolute Gasteiger partial charge is 0.257 e. The van der Waals surface area contributed by atoms with Gasteiger partial charge in [0.2, 0.25) is 0 Å². The van der Waals surface area contributed by atoms with Crippen molar-refractivity contribution in [1.82, 2.24) is 5.32 Å². The lowest BCUT2D eigenvalue weighted by atomic mass is 10.1. The number of halogens is 1. The van der Waals surface area contributed by atoms with Crippen molar-refractivity contribution < 1.29 is 9.53 Å². The third-order valence-corrected chi connectivity index (χ3v) is 3.15. The normalized spacial score (nSPS) is 10.4. The number of benzene rings is 1. The Morgan fingerprint density at radius 1 is 1.50 bits per heavy atom. The highest BCUT2D eigenvalue weighted by molar-refractivity contribution is 7.80. The van der Waals surface area contributed by atoms with Gasteiger partial charge < -0.3 is 15.8 Å². The van der Waals surface area contributed by atoms with Crippen molar-refractivity contribution in [2.45, 2.75) is 20.3 Å². The van der Waals surface area contributed by atoms with Crippen LogP contribution in [0.1, 0.15) is 25.8 Å². The van der Waals surface area contributed by atoms with E-state index < -0.39 is 0 Å². The highest BCUT2D eigenvalue weighted by atomic mass is 35.5. The maximum absolute atomic E-state index is 11.5. The molecule has 0 aliphatic heterocycles. The monoisotopic (exact) mass is 314 g/mol. The molecule has 6 heteroatoms. The number of thiocarbonyl (C=S) groups is 1. The first-order valence-electron chi connectivity index (χ1n) is 6.39. The molecule has 1 aromatic carbocycles. The predicted octanol–water partition coefficient (Wildman–Crippen LogP) is 2.52. The average molecular weight is 315 g/mol. The van der Waals surface area contributed by atoms with Crippen LogP contribution in [0.25, 0.3) is 0 Å². The van der Waals surface area contributed by atoms with Crippen LogP contribution in [0.15, 0.2) is 18.2 Å². The highest BCUT2D eigenvalue weighted by Gasteiger charge is 2.07. The zero-order valence-electron chi connectivity index (χ0n) is 11.6. The van der Waals surface area contributed by atoms with Gasteiger partial charge in [-0.1, -0.05) is 37.7 Å². The van der Waals surface area contributed by atoms with E-state index >= 15 is 0 Å². The van der Waals surface area contributed by atoms with Gasteiger partial charge in [-0.2, -0.15) is 0 Å². The number of ether oxygens (including phenoxy) is 1. The summed E-state index contributed by atoms with van der Waals surface area (Å²) >= 11 is 10.9. The van der Waals surface area contributed by atoms with Gasteiger partial charge in [-0.25, -0.2) is 0 Å². The van der Waals surface area contributed by atoms with Crippen molar-refractivity contribution >= 4 is 34.7 Å². The summed E-state index contributed by atoms with van der Waals surface area (Å²) in [7, 11) is 0.